The van der Waals surface area contributed by atoms with E-state index in [0.29, 0.717) is 0 Å². The molecule has 1 amide bonds. The van der Waals surface area contributed by atoms with Crippen LogP contribution in [0.4, 0.5) is 15.8 Å². The molecule has 0 bridgehead atoms. The first-order valence-electron chi connectivity index (χ1n) is 9.65. The van der Waals surface area contributed by atoms with Crippen LogP contribution in [-0.2, 0) is 20.4 Å². The van der Waals surface area contributed by atoms with Gasteiger partial charge in [-0.15, -0.1) is 0 Å². The van der Waals surface area contributed by atoms with Crippen molar-refractivity contribution in [3.05, 3.63) is 88.2 Å². The summed E-state index contributed by atoms with van der Waals surface area (Å²) in [5.74, 6) is -2.25. The van der Waals surface area contributed by atoms with Crippen LogP contribution in [0.1, 0.15) is 21.5 Å². The van der Waals surface area contributed by atoms with Gasteiger partial charge in [-0.1, -0.05) is 29.3 Å². The molecule has 0 fully saturated rings. The lowest BCUT2D eigenvalue weighted by molar-refractivity contribution is -0.120. The predicted octanol–water partition coefficient (Wildman–Crippen LogP) is 4.05. The first-order chi connectivity index (χ1) is 15.1. The van der Waals surface area contributed by atoms with Gasteiger partial charge in [-0.3, -0.25) is 9.59 Å². The van der Waals surface area contributed by atoms with Gasteiger partial charge in [0.05, 0.1) is 16.3 Å². The Balaban J connectivity index is 1.89. The van der Waals surface area contributed by atoms with Crippen molar-refractivity contribution in [1.29, 1.82) is 0 Å². The number of ketones is 1. The summed E-state index contributed by atoms with van der Waals surface area (Å²) >= 11 is 6.10. The molecule has 0 N–H and O–H groups in total. The molecule has 2 aliphatic heterocycles. The van der Waals surface area contributed by atoms with Crippen LogP contribution >= 0.6 is 11.6 Å². The van der Waals surface area contributed by atoms with E-state index in [-0.39, 0.29) is 32.4 Å². The Labute approximate surface area is 188 Å². The summed E-state index contributed by atoms with van der Waals surface area (Å²) < 4.78 is 43.0. The predicted molar refractivity (Wildman–Crippen MR) is 118 cm³/mol. The fourth-order valence-corrected chi connectivity index (χ4v) is 6.33. The van der Waals surface area contributed by atoms with Gasteiger partial charge in [0.15, 0.2) is 0 Å². The fraction of sp³-hybridized carbons (Fsp3) is 0.130. The Bertz CT molecular complexity index is 1440. The summed E-state index contributed by atoms with van der Waals surface area (Å²) in [7, 11) is -2.99. The van der Waals surface area contributed by atoms with Crippen molar-refractivity contribution in [3.63, 3.8) is 0 Å². The average Bonchev–Trinajstić information content (AvgIpc) is 3.13. The SMILES string of the molecule is Cc1ccc(S(=O)(=O)N2c3ccc(Cl)cc3C(=O)C23C(=O)N(C)c2ccc(F)cc23)cc1. The molecule has 0 saturated carbocycles. The molecule has 2 heterocycles. The lowest BCUT2D eigenvalue weighted by Crippen LogP contribution is -2.56. The summed E-state index contributed by atoms with van der Waals surface area (Å²) in [5.41, 5.74) is -1.24. The Morgan fingerprint density at radius 3 is 2.28 bits per heavy atom. The Kier molecular flexibility index (Phi) is 4.28. The number of fused-ring (bicyclic) bond motifs is 3. The molecule has 6 nitrogen and oxygen atoms in total. The molecular formula is C23H16ClFN2O4S. The van der Waals surface area contributed by atoms with E-state index in [0.717, 1.165) is 22.0 Å². The van der Waals surface area contributed by atoms with Crippen LogP contribution in [0.25, 0.3) is 0 Å². The van der Waals surface area contributed by atoms with Crippen LogP contribution in [0.15, 0.2) is 65.6 Å². The van der Waals surface area contributed by atoms with E-state index in [2.05, 4.69) is 0 Å². The van der Waals surface area contributed by atoms with E-state index >= 15 is 0 Å². The molecule has 3 aromatic carbocycles. The van der Waals surface area contributed by atoms with Gasteiger partial charge in [-0.25, -0.2) is 17.1 Å². The van der Waals surface area contributed by atoms with E-state index in [4.69, 9.17) is 11.6 Å². The summed E-state index contributed by atoms with van der Waals surface area (Å²) in [4.78, 5) is 28.5. The number of benzene rings is 3. The van der Waals surface area contributed by atoms with Gasteiger partial charge in [0.1, 0.15) is 5.82 Å². The van der Waals surface area contributed by atoms with Crippen LogP contribution in [0, 0.1) is 12.7 Å². The van der Waals surface area contributed by atoms with Crippen molar-refractivity contribution in [3.8, 4) is 0 Å². The highest BCUT2D eigenvalue weighted by Gasteiger charge is 2.67. The highest BCUT2D eigenvalue weighted by Crippen LogP contribution is 2.54. The number of halogens is 2. The number of aryl methyl sites for hydroxylation is 1. The number of carbonyl (C=O) groups excluding carboxylic acids is 2. The highest BCUT2D eigenvalue weighted by molar-refractivity contribution is 7.93. The fourth-order valence-electron chi connectivity index (χ4n) is 4.43. The quantitative estimate of drug-likeness (QED) is 0.529. The van der Waals surface area contributed by atoms with Crippen LogP contribution in [0.2, 0.25) is 5.02 Å². The highest BCUT2D eigenvalue weighted by atomic mass is 35.5. The molecule has 1 atom stereocenters. The normalized spacial score (nSPS) is 19.6. The third-order valence-corrected chi connectivity index (χ3v) is 7.99. The molecular weight excluding hydrogens is 455 g/mol. The van der Waals surface area contributed by atoms with Crippen molar-refractivity contribution < 1.29 is 22.4 Å². The van der Waals surface area contributed by atoms with Gasteiger partial charge in [-0.2, -0.15) is 0 Å². The third kappa shape index (κ3) is 2.47. The number of amides is 1. The van der Waals surface area contributed by atoms with Gasteiger partial charge in [0.2, 0.25) is 11.3 Å². The molecule has 1 unspecified atom stereocenters. The number of hydrogen-bond donors (Lipinski definition) is 0. The minimum atomic E-state index is -4.42. The van der Waals surface area contributed by atoms with Gasteiger partial charge in [0, 0.05) is 23.2 Å². The molecule has 1 spiro atoms. The standard InChI is InChI=1S/C23H16ClFN2O4S/c1-13-3-7-16(8-4-13)32(30,31)27-19-9-5-14(24)11-17(19)21(28)23(27)18-12-15(25)6-10-20(18)26(2)22(23)29/h3-12H,1-2H3. The maximum absolute atomic E-state index is 14.3. The largest absolute Gasteiger partial charge is 0.312 e. The monoisotopic (exact) mass is 470 g/mol. The number of hydrogen-bond acceptors (Lipinski definition) is 4. The molecule has 0 aliphatic carbocycles. The summed E-state index contributed by atoms with van der Waals surface area (Å²) in [6.07, 6.45) is 0. The summed E-state index contributed by atoms with van der Waals surface area (Å²) in [6.45, 7) is 1.81. The van der Waals surface area contributed by atoms with Crippen molar-refractivity contribution in [2.24, 2.45) is 0 Å². The number of anilines is 2. The van der Waals surface area contributed by atoms with Gasteiger partial charge >= 0.3 is 0 Å². The zero-order chi connectivity index (χ0) is 23.0. The number of carbonyl (C=O) groups is 2. The van der Waals surface area contributed by atoms with Gasteiger partial charge in [-0.05, 0) is 55.5 Å². The van der Waals surface area contributed by atoms with Gasteiger partial charge < -0.3 is 4.90 Å². The van der Waals surface area contributed by atoms with E-state index < -0.39 is 33.1 Å². The number of sulfonamides is 1. The molecule has 9 heteroatoms. The van der Waals surface area contributed by atoms with Crippen LogP contribution in [-0.4, -0.2) is 27.2 Å². The Morgan fingerprint density at radius 2 is 1.59 bits per heavy atom. The zero-order valence-electron chi connectivity index (χ0n) is 17.0. The van der Waals surface area contributed by atoms with Crippen LogP contribution in [0.3, 0.4) is 0 Å². The maximum Gasteiger partial charge on any atom is 0.266 e. The molecule has 3 aromatic rings. The topological polar surface area (TPSA) is 74.8 Å². The number of Topliss-reactive ketones (excluding diaryl/α,β-unsaturated/α-hetero) is 1. The lowest BCUT2D eigenvalue weighted by atomic mass is 9.87. The second-order valence-corrected chi connectivity index (χ2v) is 10.0. The summed E-state index contributed by atoms with van der Waals surface area (Å²) in [5, 5.41) is 0.208. The molecule has 0 radical (unpaired) electrons. The van der Waals surface area contributed by atoms with E-state index in [9.17, 15) is 22.4 Å². The van der Waals surface area contributed by atoms with E-state index in [1.165, 1.54) is 48.3 Å². The second kappa shape index (κ2) is 6.63. The maximum atomic E-state index is 14.3. The minimum absolute atomic E-state index is 0.0128. The summed E-state index contributed by atoms with van der Waals surface area (Å²) in [6, 6.07) is 13.8. The van der Waals surface area contributed by atoms with E-state index in [1.54, 1.807) is 12.1 Å². The Hall–Kier alpha value is -3.23. The van der Waals surface area contributed by atoms with Crippen molar-refractivity contribution >= 4 is 44.7 Å². The molecule has 5 rings (SSSR count). The first kappa shape index (κ1) is 20.7. The van der Waals surface area contributed by atoms with Crippen LogP contribution in [0.5, 0.6) is 0 Å². The smallest absolute Gasteiger partial charge is 0.266 e. The third-order valence-electron chi connectivity index (χ3n) is 5.94. The Morgan fingerprint density at radius 1 is 0.938 bits per heavy atom. The van der Waals surface area contributed by atoms with Crippen molar-refractivity contribution in [2.45, 2.75) is 17.4 Å². The lowest BCUT2D eigenvalue weighted by Gasteiger charge is -2.33. The molecule has 162 valence electrons. The van der Waals surface area contributed by atoms with E-state index in [1.807, 2.05) is 6.92 Å². The first-order valence-corrected chi connectivity index (χ1v) is 11.5. The number of likely N-dealkylation sites (N-methyl/N-ethyl adjacent to an activating group) is 1. The minimum Gasteiger partial charge on any atom is -0.312 e. The molecule has 32 heavy (non-hydrogen) atoms. The van der Waals surface area contributed by atoms with Crippen LogP contribution < -0.4 is 9.21 Å². The van der Waals surface area contributed by atoms with Crippen molar-refractivity contribution in [1.82, 2.24) is 0 Å². The number of rotatable bonds is 2. The molecule has 2 aliphatic rings. The van der Waals surface area contributed by atoms with Gasteiger partial charge in [0.25, 0.3) is 15.9 Å². The average molecular weight is 471 g/mol. The second-order valence-electron chi connectivity index (χ2n) is 7.81. The van der Waals surface area contributed by atoms with Crippen molar-refractivity contribution in [2.75, 3.05) is 16.3 Å². The molecule has 0 aromatic heterocycles. The molecule has 0 saturated heterocycles. The number of nitrogens with zero attached hydrogens (tertiary/aromatic N) is 2. The zero-order valence-corrected chi connectivity index (χ0v) is 18.5.